The summed E-state index contributed by atoms with van der Waals surface area (Å²) in [5.74, 6) is 0.437. The first kappa shape index (κ1) is 21.3. The summed E-state index contributed by atoms with van der Waals surface area (Å²) in [6.45, 7) is 4.19. The van der Waals surface area contributed by atoms with Gasteiger partial charge in [0.05, 0.1) is 18.0 Å². The van der Waals surface area contributed by atoms with Crippen molar-refractivity contribution in [1.29, 1.82) is 0 Å². The zero-order chi connectivity index (χ0) is 21.0. The molecule has 0 heterocycles. The van der Waals surface area contributed by atoms with Crippen LogP contribution in [-0.2, 0) is 27.7 Å². The fourth-order valence-electron chi connectivity index (χ4n) is 3.39. The number of ether oxygens (including phenoxy) is 1. The van der Waals surface area contributed by atoms with E-state index in [-0.39, 0.29) is 17.3 Å². The largest absolute Gasteiger partial charge is 0.492 e. The van der Waals surface area contributed by atoms with Crippen molar-refractivity contribution < 1.29 is 17.9 Å². The molecule has 1 aliphatic carbocycles. The van der Waals surface area contributed by atoms with Gasteiger partial charge in [-0.2, -0.15) is 4.31 Å². The molecule has 0 aromatic heterocycles. The average Bonchev–Trinajstić information content (AvgIpc) is 3.15. The van der Waals surface area contributed by atoms with Crippen LogP contribution in [0.15, 0.2) is 41.3 Å². The van der Waals surface area contributed by atoms with Crippen molar-refractivity contribution in [2.45, 2.75) is 38.0 Å². The Hall–Kier alpha value is -2.38. The van der Waals surface area contributed by atoms with Crippen LogP contribution < -0.4 is 10.1 Å². The molecule has 7 heteroatoms. The van der Waals surface area contributed by atoms with E-state index >= 15 is 0 Å². The molecule has 2 aromatic carbocycles. The Balaban J connectivity index is 1.46. The molecular weight excluding hydrogens is 388 g/mol. The second-order valence-electron chi connectivity index (χ2n) is 7.49. The molecule has 0 aliphatic heterocycles. The summed E-state index contributed by atoms with van der Waals surface area (Å²) in [6.07, 6.45) is 3.41. The third kappa shape index (κ3) is 5.16. The van der Waals surface area contributed by atoms with Gasteiger partial charge >= 0.3 is 0 Å². The van der Waals surface area contributed by atoms with Crippen LogP contribution in [0.2, 0.25) is 0 Å². The fourth-order valence-corrected chi connectivity index (χ4v) is 4.61. The molecule has 2 aromatic rings. The minimum atomic E-state index is -3.71. The van der Waals surface area contributed by atoms with Gasteiger partial charge in [0.1, 0.15) is 12.4 Å². The topological polar surface area (TPSA) is 75.7 Å². The van der Waals surface area contributed by atoms with Gasteiger partial charge < -0.3 is 10.1 Å². The number of nitrogens with one attached hydrogen (secondary N) is 1. The maximum atomic E-state index is 12.7. The molecular formula is C22H28N2O4S. The summed E-state index contributed by atoms with van der Waals surface area (Å²) >= 11 is 0. The van der Waals surface area contributed by atoms with E-state index in [0.29, 0.717) is 13.2 Å². The average molecular weight is 417 g/mol. The van der Waals surface area contributed by atoms with Crippen LogP contribution in [0.1, 0.15) is 28.7 Å². The summed E-state index contributed by atoms with van der Waals surface area (Å²) in [5, 5.41) is 2.71. The van der Waals surface area contributed by atoms with E-state index in [4.69, 9.17) is 4.74 Å². The highest BCUT2D eigenvalue weighted by Crippen LogP contribution is 2.25. The normalized spacial score (nSPS) is 13.4. The first-order chi connectivity index (χ1) is 13.8. The highest BCUT2D eigenvalue weighted by atomic mass is 32.2. The first-order valence-corrected chi connectivity index (χ1v) is 11.3. The molecule has 0 atom stereocenters. The van der Waals surface area contributed by atoms with Gasteiger partial charge in [0.25, 0.3) is 0 Å². The first-order valence-electron chi connectivity index (χ1n) is 9.82. The molecule has 0 spiro atoms. The molecule has 0 unspecified atom stereocenters. The van der Waals surface area contributed by atoms with Gasteiger partial charge in [0.2, 0.25) is 15.9 Å². The fraction of sp³-hybridized carbons (Fsp3) is 0.409. The molecule has 29 heavy (non-hydrogen) atoms. The van der Waals surface area contributed by atoms with E-state index < -0.39 is 10.0 Å². The number of carbonyl (C=O) groups excluding carboxylic acids is 1. The van der Waals surface area contributed by atoms with Crippen LogP contribution in [0.25, 0.3) is 0 Å². The number of nitrogens with zero attached hydrogens (tertiary/aromatic N) is 1. The molecule has 6 nitrogen and oxygen atoms in total. The summed E-state index contributed by atoms with van der Waals surface area (Å²) in [7, 11) is -2.30. The standard InChI is InChI=1S/C22H28N2O4S/c1-16-7-10-21(13-17(16)2)29(26,27)24(3)15-22(25)23-11-12-28-20-9-8-18-5-4-6-19(18)14-20/h7-10,13-14H,4-6,11-12,15H2,1-3H3,(H,23,25). The van der Waals surface area contributed by atoms with Gasteiger partial charge in [-0.15, -0.1) is 0 Å². The van der Waals surface area contributed by atoms with Crippen LogP contribution in [0.4, 0.5) is 0 Å². The number of sulfonamides is 1. The van der Waals surface area contributed by atoms with Gasteiger partial charge in [-0.1, -0.05) is 12.1 Å². The van der Waals surface area contributed by atoms with E-state index in [1.165, 1.54) is 24.6 Å². The lowest BCUT2D eigenvalue weighted by atomic mass is 10.1. The minimum absolute atomic E-state index is 0.191. The van der Waals surface area contributed by atoms with Gasteiger partial charge in [-0.25, -0.2) is 8.42 Å². The molecule has 1 aliphatic rings. The predicted octanol–water partition coefficient (Wildman–Crippen LogP) is 2.61. The van der Waals surface area contributed by atoms with Crippen molar-refractivity contribution in [2.24, 2.45) is 0 Å². The van der Waals surface area contributed by atoms with Crippen molar-refractivity contribution in [3.8, 4) is 5.75 Å². The SMILES string of the molecule is Cc1ccc(S(=O)(=O)N(C)CC(=O)NCCOc2ccc3c(c2)CCC3)cc1C. The van der Waals surface area contributed by atoms with Crippen LogP contribution in [-0.4, -0.2) is 45.4 Å². The lowest BCUT2D eigenvalue weighted by Crippen LogP contribution is -2.39. The number of hydrogen-bond donors (Lipinski definition) is 1. The Morgan fingerprint density at radius 3 is 2.59 bits per heavy atom. The van der Waals surface area contributed by atoms with Gasteiger partial charge in [0.15, 0.2) is 0 Å². The van der Waals surface area contributed by atoms with Gasteiger partial charge in [-0.05, 0) is 79.6 Å². The minimum Gasteiger partial charge on any atom is -0.492 e. The quantitative estimate of drug-likeness (QED) is 0.671. The van der Waals surface area contributed by atoms with Crippen LogP contribution >= 0.6 is 0 Å². The maximum absolute atomic E-state index is 12.7. The number of amides is 1. The van der Waals surface area contributed by atoms with Crippen molar-refractivity contribution in [3.63, 3.8) is 0 Å². The van der Waals surface area contributed by atoms with Gasteiger partial charge in [-0.3, -0.25) is 4.79 Å². The number of carbonyl (C=O) groups is 1. The maximum Gasteiger partial charge on any atom is 0.243 e. The molecule has 0 bridgehead atoms. The Morgan fingerprint density at radius 1 is 1.07 bits per heavy atom. The number of benzene rings is 2. The van der Waals surface area contributed by atoms with Crippen molar-refractivity contribution in [1.82, 2.24) is 9.62 Å². The molecule has 0 saturated heterocycles. The summed E-state index contributed by atoms with van der Waals surface area (Å²) in [4.78, 5) is 12.3. The second-order valence-corrected chi connectivity index (χ2v) is 9.53. The predicted molar refractivity (Wildman–Crippen MR) is 113 cm³/mol. The van der Waals surface area contributed by atoms with E-state index in [9.17, 15) is 13.2 Å². The van der Waals surface area contributed by atoms with Crippen LogP contribution in [0.3, 0.4) is 0 Å². The molecule has 3 rings (SSSR count). The van der Waals surface area contributed by atoms with E-state index in [1.807, 2.05) is 19.9 Å². The monoisotopic (exact) mass is 416 g/mol. The zero-order valence-corrected chi connectivity index (χ0v) is 18.0. The molecule has 1 N–H and O–H groups in total. The lowest BCUT2D eigenvalue weighted by molar-refractivity contribution is -0.121. The highest BCUT2D eigenvalue weighted by molar-refractivity contribution is 7.89. The zero-order valence-electron chi connectivity index (χ0n) is 17.2. The third-order valence-electron chi connectivity index (χ3n) is 5.32. The molecule has 1 amide bonds. The Labute approximate surface area is 172 Å². The Morgan fingerprint density at radius 2 is 1.83 bits per heavy atom. The number of fused-ring (bicyclic) bond motifs is 1. The number of rotatable bonds is 8. The number of likely N-dealkylation sites (N-methyl/N-ethyl adjacent to an activating group) is 1. The van der Waals surface area contributed by atoms with Crippen molar-refractivity contribution in [2.75, 3.05) is 26.7 Å². The molecule has 0 radical (unpaired) electrons. The Kier molecular flexibility index (Phi) is 6.59. The third-order valence-corrected chi connectivity index (χ3v) is 7.12. The van der Waals surface area contributed by atoms with Crippen molar-refractivity contribution in [3.05, 3.63) is 58.7 Å². The number of aryl methyl sites for hydroxylation is 4. The molecule has 0 saturated carbocycles. The highest BCUT2D eigenvalue weighted by Gasteiger charge is 2.23. The molecule has 156 valence electrons. The Bertz CT molecular complexity index is 1000. The van der Waals surface area contributed by atoms with E-state index in [0.717, 1.165) is 34.0 Å². The lowest BCUT2D eigenvalue weighted by Gasteiger charge is -2.17. The second kappa shape index (κ2) is 8.97. The smallest absolute Gasteiger partial charge is 0.243 e. The summed E-state index contributed by atoms with van der Waals surface area (Å²) in [6, 6.07) is 11.1. The molecule has 0 fully saturated rings. The van der Waals surface area contributed by atoms with E-state index in [1.54, 1.807) is 18.2 Å². The van der Waals surface area contributed by atoms with Crippen LogP contribution in [0, 0.1) is 13.8 Å². The van der Waals surface area contributed by atoms with Crippen LogP contribution in [0.5, 0.6) is 5.75 Å². The number of hydrogen-bond acceptors (Lipinski definition) is 4. The van der Waals surface area contributed by atoms with Gasteiger partial charge in [0, 0.05) is 7.05 Å². The van der Waals surface area contributed by atoms with Crippen molar-refractivity contribution >= 4 is 15.9 Å². The van der Waals surface area contributed by atoms with E-state index in [2.05, 4.69) is 17.4 Å². The summed E-state index contributed by atoms with van der Waals surface area (Å²) in [5.41, 5.74) is 4.64. The summed E-state index contributed by atoms with van der Waals surface area (Å²) < 4.78 is 32.1.